The lowest BCUT2D eigenvalue weighted by Crippen LogP contribution is -2.40. The molecule has 19 heavy (non-hydrogen) atoms. The summed E-state index contributed by atoms with van der Waals surface area (Å²) < 4.78 is 52.8. The van der Waals surface area contributed by atoms with Crippen LogP contribution in [0.15, 0.2) is 0 Å². The second-order valence-electron chi connectivity index (χ2n) is 4.11. The third-order valence-electron chi connectivity index (χ3n) is 2.60. The maximum atomic E-state index is 11.8. The molecule has 8 nitrogen and oxygen atoms in total. The van der Waals surface area contributed by atoms with Crippen molar-refractivity contribution in [2.75, 3.05) is 31.2 Å². The number of carbonyl (C=O) groups excluding carboxylic acids is 1. The van der Waals surface area contributed by atoms with E-state index in [9.17, 15) is 21.6 Å². The summed E-state index contributed by atoms with van der Waals surface area (Å²) in [6, 6.07) is 0. The Bertz CT molecular complexity index is 513. The Morgan fingerprint density at radius 2 is 2.05 bits per heavy atom. The summed E-state index contributed by atoms with van der Waals surface area (Å²) in [6.45, 7) is 1.97. The number of ether oxygens (including phenoxy) is 1. The molecule has 0 bridgehead atoms. The molecule has 0 aliphatic carbocycles. The Labute approximate surface area is 112 Å². The summed E-state index contributed by atoms with van der Waals surface area (Å²) in [7, 11) is -6.90. The van der Waals surface area contributed by atoms with Crippen LogP contribution < -0.4 is 10.0 Å². The molecule has 0 aromatic carbocycles. The zero-order valence-electron chi connectivity index (χ0n) is 10.6. The molecule has 0 radical (unpaired) electrons. The van der Waals surface area contributed by atoms with Gasteiger partial charge in [0.05, 0.1) is 23.4 Å². The van der Waals surface area contributed by atoms with Gasteiger partial charge in [-0.25, -0.2) is 26.4 Å². The third kappa shape index (κ3) is 5.33. The van der Waals surface area contributed by atoms with Crippen molar-refractivity contribution >= 4 is 26.0 Å². The molecule has 1 amide bonds. The van der Waals surface area contributed by atoms with Gasteiger partial charge in [-0.15, -0.1) is 0 Å². The van der Waals surface area contributed by atoms with Gasteiger partial charge in [0.1, 0.15) is 0 Å². The van der Waals surface area contributed by atoms with Crippen molar-refractivity contribution in [2.24, 2.45) is 0 Å². The third-order valence-corrected chi connectivity index (χ3v) is 6.47. The van der Waals surface area contributed by atoms with Gasteiger partial charge in [-0.05, 0) is 13.3 Å². The minimum atomic E-state index is -3.66. The van der Waals surface area contributed by atoms with Crippen LogP contribution in [-0.4, -0.2) is 59.4 Å². The largest absolute Gasteiger partial charge is 0.450 e. The predicted octanol–water partition coefficient (Wildman–Crippen LogP) is -1.16. The summed E-state index contributed by atoms with van der Waals surface area (Å²) in [4.78, 5) is 10.9. The number of nitrogens with one attached hydrogen (secondary N) is 2. The molecular weight excluding hydrogens is 296 g/mol. The average Bonchev–Trinajstić information content (AvgIpc) is 2.66. The van der Waals surface area contributed by atoms with Crippen molar-refractivity contribution < 1.29 is 26.4 Å². The van der Waals surface area contributed by atoms with E-state index in [1.54, 1.807) is 6.92 Å². The molecule has 0 saturated carbocycles. The van der Waals surface area contributed by atoms with Crippen LogP contribution in [0.3, 0.4) is 0 Å². The first-order valence-corrected chi connectivity index (χ1v) is 9.23. The normalized spacial score (nSPS) is 22.1. The lowest BCUT2D eigenvalue weighted by Gasteiger charge is -2.11. The van der Waals surface area contributed by atoms with Crippen molar-refractivity contribution in [2.45, 2.75) is 18.6 Å². The Morgan fingerprint density at radius 3 is 2.58 bits per heavy atom. The van der Waals surface area contributed by atoms with Crippen molar-refractivity contribution in [1.29, 1.82) is 0 Å². The maximum absolute atomic E-state index is 11.8. The Morgan fingerprint density at radius 1 is 1.37 bits per heavy atom. The van der Waals surface area contributed by atoms with E-state index < -0.39 is 31.2 Å². The Hall–Kier alpha value is -0.870. The van der Waals surface area contributed by atoms with Crippen molar-refractivity contribution in [1.82, 2.24) is 10.0 Å². The molecule has 0 aromatic rings. The van der Waals surface area contributed by atoms with Crippen LogP contribution in [0.25, 0.3) is 0 Å². The molecular formula is C9H18N2O6S2. The van der Waals surface area contributed by atoms with Gasteiger partial charge in [-0.2, -0.15) is 0 Å². The summed E-state index contributed by atoms with van der Waals surface area (Å²) in [5, 5.41) is 1.45. The van der Waals surface area contributed by atoms with Gasteiger partial charge in [-0.3, -0.25) is 0 Å². The minimum Gasteiger partial charge on any atom is -0.450 e. The molecule has 112 valence electrons. The number of sulfonamides is 1. The number of amides is 1. The topological polar surface area (TPSA) is 119 Å². The standard InChI is InChI=1S/C9H18N2O6S2/c1-2-17-9(12)10-4-5-11-19(15,16)8-3-6-18(13,14)7-8/h8,11H,2-7H2,1H3,(H,10,12)/t8-/m1/s1. The molecule has 0 unspecified atom stereocenters. The van der Waals surface area contributed by atoms with E-state index in [2.05, 4.69) is 14.8 Å². The van der Waals surface area contributed by atoms with E-state index in [-0.39, 0.29) is 37.6 Å². The SMILES string of the molecule is CCOC(=O)NCCNS(=O)(=O)[C@@H]1CCS(=O)(=O)C1. The Balaban J connectivity index is 2.34. The molecule has 0 aromatic heterocycles. The van der Waals surface area contributed by atoms with Gasteiger partial charge in [0, 0.05) is 13.1 Å². The van der Waals surface area contributed by atoms with E-state index in [0.717, 1.165) is 0 Å². The number of rotatable bonds is 6. The minimum absolute atomic E-state index is 0.00229. The van der Waals surface area contributed by atoms with Gasteiger partial charge < -0.3 is 10.1 Å². The van der Waals surface area contributed by atoms with Crippen molar-refractivity contribution in [3.05, 3.63) is 0 Å². The zero-order valence-corrected chi connectivity index (χ0v) is 12.2. The fraction of sp³-hybridized carbons (Fsp3) is 0.889. The number of hydrogen-bond acceptors (Lipinski definition) is 6. The lowest BCUT2D eigenvalue weighted by atomic mass is 10.4. The first-order chi connectivity index (χ1) is 8.77. The molecule has 10 heteroatoms. The molecule has 1 aliphatic heterocycles. The molecule has 2 N–H and O–H groups in total. The van der Waals surface area contributed by atoms with E-state index in [4.69, 9.17) is 0 Å². The number of alkyl carbamates (subject to hydrolysis) is 1. The summed E-state index contributed by atoms with van der Waals surface area (Å²) in [6.07, 6.45) is -0.506. The van der Waals surface area contributed by atoms with Crippen LogP contribution in [0.1, 0.15) is 13.3 Å². The second kappa shape index (κ2) is 6.53. The molecule has 1 aliphatic rings. The van der Waals surface area contributed by atoms with Crippen LogP contribution in [0.5, 0.6) is 0 Å². The average molecular weight is 314 g/mol. The first-order valence-electron chi connectivity index (χ1n) is 5.86. The maximum Gasteiger partial charge on any atom is 0.407 e. The molecule has 1 saturated heterocycles. The van der Waals surface area contributed by atoms with Crippen LogP contribution >= 0.6 is 0 Å². The highest BCUT2D eigenvalue weighted by molar-refractivity contribution is 7.95. The van der Waals surface area contributed by atoms with Gasteiger partial charge >= 0.3 is 6.09 Å². The molecule has 1 fully saturated rings. The van der Waals surface area contributed by atoms with Gasteiger partial charge in [-0.1, -0.05) is 0 Å². The zero-order chi connectivity index (χ0) is 14.5. The second-order valence-corrected chi connectivity index (χ2v) is 8.39. The monoisotopic (exact) mass is 314 g/mol. The van der Waals surface area contributed by atoms with Crippen LogP contribution in [0.4, 0.5) is 4.79 Å². The number of sulfone groups is 1. The number of hydrogen-bond donors (Lipinski definition) is 2. The fourth-order valence-corrected chi connectivity index (χ4v) is 5.75. The van der Waals surface area contributed by atoms with E-state index in [1.165, 1.54) is 0 Å². The highest BCUT2D eigenvalue weighted by Crippen LogP contribution is 2.17. The van der Waals surface area contributed by atoms with Gasteiger partial charge in [0.2, 0.25) is 10.0 Å². The van der Waals surface area contributed by atoms with E-state index >= 15 is 0 Å². The fourth-order valence-electron chi connectivity index (χ4n) is 1.66. The highest BCUT2D eigenvalue weighted by atomic mass is 32.2. The van der Waals surface area contributed by atoms with Gasteiger partial charge in [0.15, 0.2) is 9.84 Å². The molecule has 1 atom stereocenters. The van der Waals surface area contributed by atoms with Crippen LogP contribution in [0, 0.1) is 0 Å². The predicted molar refractivity (Wildman–Crippen MR) is 69.0 cm³/mol. The molecule has 1 heterocycles. The smallest absolute Gasteiger partial charge is 0.407 e. The van der Waals surface area contributed by atoms with Crippen molar-refractivity contribution in [3.63, 3.8) is 0 Å². The van der Waals surface area contributed by atoms with E-state index in [0.29, 0.717) is 0 Å². The number of carbonyl (C=O) groups is 1. The quantitative estimate of drug-likeness (QED) is 0.597. The molecule has 1 rings (SSSR count). The highest BCUT2D eigenvalue weighted by Gasteiger charge is 2.36. The Kier molecular flexibility index (Phi) is 5.56. The summed E-state index contributed by atoms with van der Waals surface area (Å²) >= 11 is 0. The lowest BCUT2D eigenvalue weighted by molar-refractivity contribution is 0.152. The van der Waals surface area contributed by atoms with E-state index in [1.807, 2.05) is 0 Å². The first kappa shape index (κ1) is 16.2. The summed E-state index contributed by atoms with van der Waals surface area (Å²) in [5.41, 5.74) is 0. The van der Waals surface area contributed by atoms with Crippen molar-refractivity contribution in [3.8, 4) is 0 Å². The van der Waals surface area contributed by atoms with Crippen LogP contribution in [0.2, 0.25) is 0 Å². The molecule has 0 spiro atoms. The van der Waals surface area contributed by atoms with Crippen LogP contribution in [-0.2, 0) is 24.6 Å². The summed E-state index contributed by atoms with van der Waals surface area (Å²) in [5.74, 6) is -0.437. The van der Waals surface area contributed by atoms with Gasteiger partial charge in [0.25, 0.3) is 0 Å².